The molecule has 1 amide bonds. The standard InChI is InChI=1S/C15H26N2O4/c1-20-15(19)7-9-17(11-13-3-2-10-21-13)8-6-14(18)16-12-4-5-12/h12-13H,2-11H2,1H3,(H,16,18). The molecular weight excluding hydrogens is 272 g/mol. The van der Waals surface area contributed by atoms with Crippen LogP contribution in [0.15, 0.2) is 0 Å². The van der Waals surface area contributed by atoms with Crippen molar-refractivity contribution in [2.45, 2.75) is 50.7 Å². The normalized spacial score (nSPS) is 21.5. The predicted octanol–water partition coefficient (Wildman–Crippen LogP) is 0.699. The highest BCUT2D eigenvalue weighted by molar-refractivity contribution is 5.76. The molecule has 1 aliphatic heterocycles. The van der Waals surface area contributed by atoms with E-state index in [0.29, 0.717) is 32.0 Å². The molecular formula is C15H26N2O4. The second-order valence-electron chi connectivity index (χ2n) is 5.85. The first kappa shape index (κ1) is 16.2. The third-order valence-corrected chi connectivity index (χ3v) is 3.94. The molecule has 1 N–H and O–H groups in total. The van der Waals surface area contributed by atoms with E-state index in [4.69, 9.17) is 4.74 Å². The van der Waals surface area contributed by atoms with Crippen LogP contribution in [0.25, 0.3) is 0 Å². The Morgan fingerprint density at radius 3 is 2.62 bits per heavy atom. The maximum absolute atomic E-state index is 11.8. The minimum atomic E-state index is -0.213. The van der Waals surface area contributed by atoms with Crippen LogP contribution >= 0.6 is 0 Å². The van der Waals surface area contributed by atoms with Gasteiger partial charge < -0.3 is 14.8 Å². The summed E-state index contributed by atoms with van der Waals surface area (Å²) in [5.41, 5.74) is 0. The van der Waals surface area contributed by atoms with Crippen molar-refractivity contribution >= 4 is 11.9 Å². The summed E-state index contributed by atoms with van der Waals surface area (Å²) in [6, 6.07) is 0.402. The van der Waals surface area contributed by atoms with Gasteiger partial charge in [-0.05, 0) is 25.7 Å². The first-order valence-electron chi connectivity index (χ1n) is 7.87. The average Bonchev–Trinajstić information content (AvgIpc) is 3.14. The molecule has 0 aromatic rings. The summed E-state index contributed by atoms with van der Waals surface area (Å²) in [5, 5.41) is 2.99. The van der Waals surface area contributed by atoms with Crippen molar-refractivity contribution in [3.63, 3.8) is 0 Å². The van der Waals surface area contributed by atoms with Gasteiger partial charge in [-0.25, -0.2) is 0 Å². The molecule has 6 nitrogen and oxygen atoms in total. The number of amides is 1. The van der Waals surface area contributed by atoms with Crippen LogP contribution in [0.1, 0.15) is 38.5 Å². The molecule has 1 saturated heterocycles. The lowest BCUT2D eigenvalue weighted by Gasteiger charge is -2.24. The summed E-state index contributed by atoms with van der Waals surface area (Å²) in [6.07, 6.45) is 5.43. The third-order valence-electron chi connectivity index (χ3n) is 3.94. The van der Waals surface area contributed by atoms with E-state index in [2.05, 4.69) is 15.0 Å². The second-order valence-corrected chi connectivity index (χ2v) is 5.85. The van der Waals surface area contributed by atoms with Crippen LogP contribution in [0.3, 0.4) is 0 Å². The van der Waals surface area contributed by atoms with E-state index in [9.17, 15) is 9.59 Å². The number of ether oxygens (including phenoxy) is 2. The molecule has 2 rings (SSSR count). The molecule has 21 heavy (non-hydrogen) atoms. The zero-order valence-electron chi connectivity index (χ0n) is 12.8. The Morgan fingerprint density at radius 2 is 2.00 bits per heavy atom. The number of hydrogen-bond donors (Lipinski definition) is 1. The van der Waals surface area contributed by atoms with Gasteiger partial charge in [0.25, 0.3) is 0 Å². The Kier molecular flexibility index (Phi) is 6.45. The molecule has 120 valence electrons. The molecule has 0 radical (unpaired) electrons. The average molecular weight is 298 g/mol. The van der Waals surface area contributed by atoms with Crippen LogP contribution in [0.2, 0.25) is 0 Å². The first-order chi connectivity index (χ1) is 10.2. The Balaban J connectivity index is 1.72. The minimum absolute atomic E-state index is 0.105. The fourth-order valence-corrected chi connectivity index (χ4v) is 2.51. The van der Waals surface area contributed by atoms with E-state index in [1.54, 1.807) is 0 Å². The molecule has 1 saturated carbocycles. The van der Waals surface area contributed by atoms with Gasteiger partial charge in [0.2, 0.25) is 5.91 Å². The van der Waals surface area contributed by atoms with E-state index in [0.717, 1.165) is 38.8 Å². The van der Waals surface area contributed by atoms with Crippen molar-refractivity contribution < 1.29 is 19.1 Å². The minimum Gasteiger partial charge on any atom is -0.469 e. The monoisotopic (exact) mass is 298 g/mol. The van der Waals surface area contributed by atoms with E-state index in [1.807, 2.05) is 0 Å². The number of nitrogens with zero attached hydrogens (tertiary/aromatic N) is 1. The van der Waals surface area contributed by atoms with Crippen molar-refractivity contribution in [1.82, 2.24) is 10.2 Å². The fourth-order valence-electron chi connectivity index (χ4n) is 2.51. The molecule has 0 aromatic heterocycles. The quantitative estimate of drug-likeness (QED) is 0.635. The zero-order valence-corrected chi connectivity index (χ0v) is 12.8. The van der Waals surface area contributed by atoms with Gasteiger partial charge in [-0.1, -0.05) is 0 Å². The largest absolute Gasteiger partial charge is 0.469 e. The molecule has 1 atom stereocenters. The lowest BCUT2D eigenvalue weighted by molar-refractivity contribution is -0.141. The lowest BCUT2D eigenvalue weighted by Crippen LogP contribution is -2.37. The lowest BCUT2D eigenvalue weighted by atomic mass is 10.2. The number of esters is 1. The SMILES string of the molecule is COC(=O)CCN(CCC(=O)NC1CC1)CC1CCCO1. The summed E-state index contributed by atoms with van der Waals surface area (Å²) in [6.45, 7) is 2.88. The van der Waals surface area contributed by atoms with Crippen molar-refractivity contribution in [3.05, 3.63) is 0 Å². The Morgan fingerprint density at radius 1 is 1.24 bits per heavy atom. The van der Waals surface area contributed by atoms with Crippen LogP contribution in [0.4, 0.5) is 0 Å². The summed E-state index contributed by atoms with van der Waals surface area (Å²) >= 11 is 0. The number of nitrogens with one attached hydrogen (secondary N) is 1. The first-order valence-corrected chi connectivity index (χ1v) is 7.87. The highest BCUT2D eigenvalue weighted by atomic mass is 16.5. The maximum Gasteiger partial charge on any atom is 0.306 e. The van der Waals surface area contributed by atoms with Crippen molar-refractivity contribution in [3.8, 4) is 0 Å². The smallest absolute Gasteiger partial charge is 0.306 e. The van der Waals surface area contributed by atoms with Crippen molar-refractivity contribution in [2.75, 3.05) is 33.4 Å². The molecule has 1 heterocycles. The number of methoxy groups -OCH3 is 1. The van der Waals surface area contributed by atoms with E-state index < -0.39 is 0 Å². The molecule has 1 unspecified atom stereocenters. The molecule has 6 heteroatoms. The van der Waals surface area contributed by atoms with Crippen LogP contribution in [-0.4, -0.2) is 62.3 Å². The third kappa shape index (κ3) is 6.44. The Bertz CT molecular complexity index is 352. The molecule has 0 bridgehead atoms. The summed E-state index contributed by atoms with van der Waals surface area (Å²) < 4.78 is 10.3. The Hall–Kier alpha value is -1.14. The van der Waals surface area contributed by atoms with Crippen LogP contribution in [-0.2, 0) is 19.1 Å². The highest BCUT2D eigenvalue weighted by Crippen LogP contribution is 2.18. The maximum atomic E-state index is 11.8. The Labute approximate surface area is 126 Å². The summed E-state index contributed by atoms with van der Waals surface area (Å²) in [4.78, 5) is 25.2. The van der Waals surface area contributed by atoms with Crippen molar-refractivity contribution in [1.29, 1.82) is 0 Å². The van der Waals surface area contributed by atoms with Gasteiger partial charge in [-0.15, -0.1) is 0 Å². The number of carbonyl (C=O) groups excluding carboxylic acids is 2. The fraction of sp³-hybridized carbons (Fsp3) is 0.867. The molecule has 2 fully saturated rings. The van der Waals surface area contributed by atoms with Gasteiger partial charge in [-0.2, -0.15) is 0 Å². The molecule has 0 aromatic carbocycles. The number of hydrogen-bond acceptors (Lipinski definition) is 5. The van der Waals surface area contributed by atoms with Gasteiger partial charge in [0.1, 0.15) is 0 Å². The van der Waals surface area contributed by atoms with Gasteiger partial charge in [-0.3, -0.25) is 14.5 Å². The summed E-state index contributed by atoms with van der Waals surface area (Å²) in [5.74, 6) is -0.109. The summed E-state index contributed by atoms with van der Waals surface area (Å²) in [7, 11) is 1.40. The topological polar surface area (TPSA) is 67.9 Å². The molecule has 0 spiro atoms. The number of rotatable bonds is 9. The van der Waals surface area contributed by atoms with Gasteiger partial charge in [0.05, 0.1) is 19.6 Å². The second kappa shape index (κ2) is 8.34. The van der Waals surface area contributed by atoms with Gasteiger partial charge >= 0.3 is 5.97 Å². The predicted molar refractivity (Wildman–Crippen MR) is 77.8 cm³/mol. The van der Waals surface area contributed by atoms with E-state index in [1.165, 1.54) is 7.11 Å². The van der Waals surface area contributed by atoms with E-state index in [-0.39, 0.29) is 18.0 Å². The van der Waals surface area contributed by atoms with Crippen LogP contribution < -0.4 is 5.32 Å². The highest BCUT2D eigenvalue weighted by Gasteiger charge is 2.24. The molecule has 1 aliphatic carbocycles. The van der Waals surface area contributed by atoms with E-state index >= 15 is 0 Å². The van der Waals surface area contributed by atoms with Crippen LogP contribution in [0.5, 0.6) is 0 Å². The van der Waals surface area contributed by atoms with Gasteiger partial charge in [0, 0.05) is 38.7 Å². The van der Waals surface area contributed by atoms with Crippen LogP contribution in [0, 0.1) is 0 Å². The molecule has 2 aliphatic rings. The number of carbonyl (C=O) groups is 2. The van der Waals surface area contributed by atoms with Gasteiger partial charge in [0.15, 0.2) is 0 Å². The van der Waals surface area contributed by atoms with Crippen molar-refractivity contribution in [2.24, 2.45) is 0 Å². The zero-order chi connectivity index (χ0) is 15.1.